The first kappa shape index (κ1) is 11.5. The smallest absolute Gasteiger partial charge is 0.292 e. The number of imidazole rings is 1. The number of nitrogens with zero attached hydrogens (tertiary/aromatic N) is 2. The molecule has 17 heavy (non-hydrogen) atoms. The Balaban J connectivity index is 2.07. The summed E-state index contributed by atoms with van der Waals surface area (Å²) >= 11 is 1.51. The molecule has 2 aromatic rings. The second kappa shape index (κ2) is 4.88. The SMILES string of the molecule is Nc1cc(CSc2ncc[nH]2)ccc1[N+](=O)[O-]. The van der Waals surface area contributed by atoms with Crippen molar-refractivity contribution in [3.05, 3.63) is 46.3 Å². The van der Waals surface area contributed by atoms with Gasteiger partial charge in [0.1, 0.15) is 5.69 Å². The van der Waals surface area contributed by atoms with Crippen LogP contribution in [0.15, 0.2) is 35.7 Å². The van der Waals surface area contributed by atoms with Gasteiger partial charge in [0.15, 0.2) is 5.16 Å². The lowest BCUT2D eigenvalue weighted by Gasteiger charge is -2.01. The lowest BCUT2D eigenvalue weighted by atomic mass is 10.2. The lowest BCUT2D eigenvalue weighted by molar-refractivity contribution is -0.383. The first-order valence-corrected chi connectivity index (χ1v) is 5.80. The molecule has 88 valence electrons. The normalized spacial score (nSPS) is 10.4. The molecule has 1 heterocycles. The van der Waals surface area contributed by atoms with Crippen LogP contribution < -0.4 is 5.73 Å². The van der Waals surface area contributed by atoms with E-state index in [-0.39, 0.29) is 11.4 Å². The van der Waals surface area contributed by atoms with E-state index < -0.39 is 4.92 Å². The number of nitro groups is 1. The number of hydrogen-bond donors (Lipinski definition) is 2. The van der Waals surface area contributed by atoms with Crippen LogP contribution in [0.5, 0.6) is 0 Å². The van der Waals surface area contributed by atoms with Crippen molar-refractivity contribution in [2.24, 2.45) is 0 Å². The summed E-state index contributed by atoms with van der Waals surface area (Å²) in [4.78, 5) is 17.1. The number of nitrogen functional groups attached to an aromatic ring is 1. The Hall–Kier alpha value is -2.02. The topological polar surface area (TPSA) is 97.8 Å². The van der Waals surface area contributed by atoms with Crippen LogP contribution in [0.2, 0.25) is 0 Å². The first-order chi connectivity index (χ1) is 8.16. The lowest BCUT2D eigenvalue weighted by Crippen LogP contribution is -1.96. The molecule has 0 bridgehead atoms. The molecule has 0 radical (unpaired) electrons. The van der Waals surface area contributed by atoms with Crippen LogP contribution >= 0.6 is 11.8 Å². The van der Waals surface area contributed by atoms with Crippen molar-refractivity contribution in [3.63, 3.8) is 0 Å². The van der Waals surface area contributed by atoms with Gasteiger partial charge in [-0.05, 0) is 11.6 Å². The van der Waals surface area contributed by atoms with E-state index in [1.165, 1.54) is 17.8 Å². The minimum Gasteiger partial charge on any atom is -0.393 e. The highest BCUT2D eigenvalue weighted by Crippen LogP contribution is 2.25. The molecule has 0 aliphatic carbocycles. The van der Waals surface area contributed by atoms with Gasteiger partial charge < -0.3 is 10.7 Å². The van der Waals surface area contributed by atoms with Crippen LogP contribution in [0.25, 0.3) is 0 Å². The predicted octanol–water partition coefficient (Wildman–Crippen LogP) is 2.19. The fourth-order valence-electron chi connectivity index (χ4n) is 1.34. The molecule has 0 unspecified atom stereocenters. The molecule has 0 aliphatic heterocycles. The number of hydrogen-bond acceptors (Lipinski definition) is 5. The molecule has 0 saturated carbocycles. The second-order valence-corrected chi connectivity index (χ2v) is 4.30. The van der Waals surface area contributed by atoms with E-state index in [1.54, 1.807) is 24.5 Å². The third-order valence-electron chi connectivity index (χ3n) is 2.14. The van der Waals surface area contributed by atoms with Gasteiger partial charge in [0.05, 0.1) is 4.92 Å². The molecule has 3 N–H and O–H groups in total. The summed E-state index contributed by atoms with van der Waals surface area (Å²) < 4.78 is 0. The molecule has 0 spiro atoms. The maximum absolute atomic E-state index is 10.6. The largest absolute Gasteiger partial charge is 0.393 e. The number of nitrogens with two attached hydrogens (primary N) is 1. The molecule has 1 aromatic carbocycles. The number of aromatic amines is 1. The van der Waals surface area contributed by atoms with E-state index in [9.17, 15) is 10.1 Å². The summed E-state index contributed by atoms with van der Waals surface area (Å²) in [6.07, 6.45) is 3.42. The van der Waals surface area contributed by atoms with Gasteiger partial charge in [0, 0.05) is 24.2 Å². The third kappa shape index (κ3) is 2.76. The predicted molar refractivity (Wildman–Crippen MR) is 65.7 cm³/mol. The number of H-pyrrole nitrogens is 1. The standard InChI is InChI=1S/C10H10N4O2S/c11-8-5-7(1-2-9(8)14(15)16)6-17-10-12-3-4-13-10/h1-5H,6,11H2,(H,12,13). The van der Waals surface area contributed by atoms with Gasteiger partial charge >= 0.3 is 0 Å². The fraction of sp³-hybridized carbons (Fsp3) is 0.100. The van der Waals surface area contributed by atoms with Crippen LogP contribution in [0, 0.1) is 10.1 Å². The molecule has 0 fully saturated rings. The maximum atomic E-state index is 10.6. The zero-order valence-corrected chi connectivity index (χ0v) is 9.61. The van der Waals surface area contributed by atoms with Gasteiger partial charge in [-0.15, -0.1) is 0 Å². The molecule has 0 saturated heterocycles. The quantitative estimate of drug-likeness (QED) is 0.375. The van der Waals surface area contributed by atoms with Gasteiger partial charge in [0.2, 0.25) is 0 Å². The Labute approximate surface area is 101 Å². The molecule has 6 nitrogen and oxygen atoms in total. The van der Waals surface area contributed by atoms with Gasteiger partial charge in [-0.2, -0.15) is 0 Å². The Morgan fingerprint density at radius 2 is 2.35 bits per heavy atom. The number of anilines is 1. The Bertz CT molecular complexity index is 527. The minimum absolute atomic E-state index is 0.0586. The Kier molecular flexibility index (Phi) is 3.29. The van der Waals surface area contributed by atoms with E-state index in [0.29, 0.717) is 5.75 Å². The molecule has 0 atom stereocenters. The van der Waals surface area contributed by atoms with E-state index in [2.05, 4.69) is 9.97 Å². The van der Waals surface area contributed by atoms with E-state index >= 15 is 0 Å². The molecule has 0 aliphatic rings. The molecular weight excluding hydrogens is 240 g/mol. The van der Waals surface area contributed by atoms with Crippen LogP contribution in [-0.4, -0.2) is 14.9 Å². The molecule has 0 amide bonds. The van der Waals surface area contributed by atoms with Crippen molar-refractivity contribution in [1.29, 1.82) is 0 Å². The van der Waals surface area contributed by atoms with Crippen LogP contribution in [0.1, 0.15) is 5.56 Å². The number of aromatic nitrogens is 2. The van der Waals surface area contributed by atoms with Crippen molar-refractivity contribution in [2.45, 2.75) is 10.9 Å². The van der Waals surface area contributed by atoms with Crippen LogP contribution in [0.4, 0.5) is 11.4 Å². The molecule has 7 heteroatoms. The summed E-state index contributed by atoms with van der Waals surface area (Å²) in [5.74, 6) is 0.662. The van der Waals surface area contributed by atoms with E-state index in [1.807, 2.05) is 0 Å². The van der Waals surface area contributed by atoms with Crippen molar-refractivity contribution in [2.75, 3.05) is 5.73 Å². The summed E-state index contributed by atoms with van der Waals surface area (Å²) in [5.41, 5.74) is 6.65. The highest BCUT2D eigenvalue weighted by Gasteiger charge is 2.11. The molecule has 2 rings (SSSR count). The van der Waals surface area contributed by atoms with Crippen LogP contribution in [0.3, 0.4) is 0 Å². The number of rotatable bonds is 4. The first-order valence-electron chi connectivity index (χ1n) is 4.82. The maximum Gasteiger partial charge on any atom is 0.292 e. The number of nitrogens with one attached hydrogen (secondary N) is 1. The van der Waals surface area contributed by atoms with Crippen molar-refractivity contribution in [1.82, 2.24) is 9.97 Å². The number of nitro benzene ring substituents is 1. The van der Waals surface area contributed by atoms with E-state index in [0.717, 1.165) is 10.7 Å². The summed E-state index contributed by atoms with van der Waals surface area (Å²) in [5, 5.41) is 11.4. The zero-order valence-electron chi connectivity index (χ0n) is 8.79. The second-order valence-electron chi connectivity index (χ2n) is 3.33. The van der Waals surface area contributed by atoms with Gasteiger partial charge in [-0.3, -0.25) is 10.1 Å². The monoisotopic (exact) mass is 250 g/mol. The van der Waals surface area contributed by atoms with Gasteiger partial charge in [-0.25, -0.2) is 4.98 Å². The average molecular weight is 250 g/mol. The Morgan fingerprint density at radius 1 is 1.53 bits per heavy atom. The average Bonchev–Trinajstić information content (AvgIpc) is 2.78. The zero-order chi connectivity index (χ0) is 12.3. The molecule has 1 aromatic heterocycles. The number of benzene rings is 1. The number of thioether (sulfide) groups is 1. The highest BCUT2D eigenvalue weighted by atomic mass is 32.2. The minimum atomic E-state index is -0.487. The summed E-state index contributed by atoms with van der Waals surface area (Å²) in [6.45, 7) is 0. The summed E-state index contributed by atoms with van der Waals surface area (Å²) in [6, 6.07) is 4.74. The van der Waals surface area contributed by atoms with Crippen LogP contribution in [-0.2, 0) is 5.75 Å². The molecular formula is C10H10N4O2S. The van der Waals surface area contributed by atoms with Crippen molar-refractivity contribution < 1.29 is 4.92 Å². The third-order valence-corrected chi connectivity index (χ3v) is 3.11. The highest BCUT2D eigenvalue weighted by molar-refractivity contribution is 7.98. The van der Waals surface area contributed by atoms with Gasteiger partial charge in [-0.1, -0.05) is 17.8 Å². The summed E-state index contributed by atoms with van der Waals surface area (Å²) in [7, 11) is 0. The van der Waals surface area contributed by atoms with Crippen molar-refractivity contribution in [3.8, 4) is 0 Å². The van der Waals surface area contributed by atoms with Crippen molar-refractivity contribution >= 4 is 23.1 Å². The van der Waals surface area contributed by atoms with E-state index in [4.69, 9.17) is 5.73 Å². The van der Waals surface area contributed by atoms with Gasteiger partial charge in [0.25, 0.3) is 5.69 Å². The fourth-order valence-corrected chi connectivity index (χ4v) is 2.11. The Morgan fingerprint density at radius 3 is 2.94 bits per heavy atom.